The fourth-order valence-corrected chi connectivity index (χ4v) is 9.71. The molecule has 9 aromatic rings. The number of benzene rings is 9. The molecule has 0 heterocycles. The quantitative estimate of drug-likeness (QED) is 0.114. The average Bonchev–Trinajstić information content (AvgIpc) is 3.39. The van der Waals surface area contributed by atoms with Gasteiger partial charge < -0.3 is 19.6 Å². The average molecular weight is 923 g/mol. The van der Waals surface area contributed by atoms with Crippen LogP contribution < -0.4 is 19.6 Å². The van der Waals surface area contributed by atoms with Crippen LogP contribution in [0.5, 0.6) is 0 Å². The van der Waals surface area contributed by atoms with Crippen LogP contribution in [-0.4, -0.2) is 0 Å². The Morgan fingerprint density at radius 3 is 0.676 bits per heavy atom. The molecule has 0 radical (unpaired) electrons. The van der Waals surface area contributed by atoms with E-state index >= 15 is 0 Å². The Labute approximate surface area is 421 Å². The summed E-state index contributed by atoms with van der Waals surface area (Å²) in [7, 11) is 0. The van der Waals surface area contributed by atoms with Crippen molar-refractivity contribution in [3.63, 3.8) is 0 Å². The Morgan fingerprint density at radius 1 is 0.254 bits per heavy atom. The van der Waals surface area contributed by atoms with E-state index in [4.69, 9.17) is 0 Å². The minimum atomic E-state index is 0.358. The molecule has 0 spiro atoms. The highest BCUT2D eigenvalue weighted by Gasteiger charge is 2.24. The molecule has 10 rings (SSSR count). The number of rotatable bonds is 13. The molecule has 1 aliphatic rings. The molecule has 4 nitrogen and oxygen atoms in total. The van der Waals surface area contributed by atoms with Crippen LogP contribution in [0, 0.1) is 40.5 Å². The fourth-order valence-electron chi connectivity index (χ4n) is 9.71. The third-order valence-electron chi connectivity index (χ3n) is 13.7. The maximum atomic E-state index is 2.44. The van der Waals surface area contributed by atoms with Gasteiger partial charge in [0, 0.05) is 74.2 Å². The van der Waals surface area contributed by atoms with Gasteiger partial charge in [-0.05, 0) is 199 Å². The molecule has 0 fully saturated rings. The summed E-state index contributed by atoms with van der Waals surface area (Å²) < 4.78 is 0. The molecule has 0 aliphatic heterocycles. The van der Waals surface area contributed by atoms with Crippen molar-refractivity contribution in [3.05, 3.63) is 270 Å². The third-order valence-corrected chi connectivity index (χ3v) is 13.7. The van der Waals surface area contributed by atoms with Gasteiger partial charge in [0.1, 0.15) is 0 Å². The lowest BCUT2D eigenvalue weighted by molar-refractivity contribution is 0.647. The van der Waals surface area contributed by atoms with Gasteiger partial charge in [-0.25, -0.2) is 0 Å². The van der Waals surface area contributed by atoms with Crippen LogP contribution >= 0.6 is 0 Å². The van der Waals surface area contributed by atoms with E-state index in [9.17, 15) is 0 Å². The molecule has 0 amide bonds. The van der Waals surface area contributed by atoms with Crippen LogP contribution in [0.15, 0.2) is 242 Å². The standard InChI is InChI=1S/C67H62N4/c1-47-8-23-56(24-9-47)68(57-25-10-48(2)11-26-57)62-37-39-63(40-38-62)70(60-31-16-51(5)17-32-60)61-33-19-54(20-34-61)55-21-35-65(36-22-55)71(67-45-18-52(6)46-53(67)7)66-43-41-64(42-44-66)69(58-27-12-49(3)13-28-58)59-29-14-50(4)15-30-59/h8-45,53H,46H2,1-7H3. The van der Waals surface area contributed by atoms with Crippen molar-refractivity contribution >= 4 is 62.6 Å². The topological polar surface area (TPSA) is 13.0 Å². The SMILES string of the molecule is CC1=CC=C(N(c2ccc(-c3ccc(N(c4ccc(C)cc4)c4ccc(N(c5ccc(C)cc5)c5ccc(C)cc5)cc4)cc3)cc2)c2ccc(N(c3ccc(C)cc3)c3ccc(C)cc3)cc2)C(C)C1. The second-order valence-corrected chi connectivity index (χ2v) is 19.4. The summed E-state index contributed by atoms with van der Waals surface area (Å²) in [6.45, 7) is 15.3. The van der Waals surface area contributed by atoms with E-state index in [-0.39, 0.29) is 0 Å². The van der Waals surface area contributed by atoms with Crippen LogP contribution in [0.1, 0.15) is 48.1 Å². The van der Waals surface area contributed by atoms with Crippen LogP contribution in [0.3, 0.4) is 0 Å². The molecule has 0 saturated carbocycles. The Balaban J connectivity index is 0.952. The van der Waals surface area contributed by atoms with E-state index in [1.165, 1.54) is 50.2 Å². The molecule has 350 valence electrons. The van der Waals surface area contributed by atoms with E-state index in [1.807, 2.05) is 0 Å². The molecule has 0 aromatic heterocycles. The van der Waals surface area contributed by atoms with Gasteiger partial charge >= 0.3 is 0 Å². The molecule has 0 N–H and O–H groups in total. The Bertz CT molecular complexity index is 3190. The molecule has 0 bridgehead atoms. The number of nitrogens with zero attached hydrogens (tertiary/aromatic N) is 4. The van der Waals surface area contributed by atoms with E-state index in [0.29, 0.717) is 5.92 Å². The lowest BCUT2D eigenvalue weighted by atomic mass is 9.92. The summed E-state index contributed by atoms with van der Waals surface area (Å²) in [4.78, 5) is 9.45. The number of anilines is 11. The maximum Gasteiger partial charge on any atom is 0.0463 e. The minimum Gasteiger partial charge on any atom is -0.314 e. The first-order valence-corrected chi connectivity index (χ1v) is 24.9. The second kappa shape index (κ2) is 20.3. The van der Waals surface area contributed by atoms with Gasteiger partial charge in [-0.2, -0.15) is 0 Å². The van der Waals surface area contributed by atoms with Crippen LogP contribution in [0.25, 0.3) is 11.1 Å². The highest BCUT2D eigenvalue weighted by molar-refractivity contribution is 5.83. The molecule has 71 heavy (non-hydrogen) atoms. The van der Waals surface area contributed by atoms with E-state index in [1.54, 1.807) is 0 Å². The maximum absolute atomic E-state index is 2.44. The number of hydrogen-bond donors (Lipinski definition) is 0. The first kappa shape index (κ1) is 46.4. The zero-order chi connectivity index (χ0) is 49.0. The van der Waals surface area contributed by atoms with Crippen molar-refractivity contribution in [2.75, 3.05) is 19.6 Å². The largest absolute Gasteiger partial charge is 0.314 e. The summed E-state index contributed by atoms with van der Waals surface area (Å²) in [6.07, 6.45) is 5.62. The lowest BCUT2D eigenvalue weighted by Gasteiger charge is -2.34. The van der Waals surface area contributed by atoms with Crippen molar-refractivity contribution < 1.29 is 0 Å². The van der Waals surface area contributed by atoms with E-state index < -0.39 is 0 Å². The molecule has 1 atom stereocenters. The van der Waals surface area contributed by atoms with Crippen molar-refractivity contribution in [1.82, 2.24) is 0 Å². The number of allylic oxidation sites excluding steroid dienone is 4. The van der Waals surface area contributed by atoms with Gasteiger partial charge in [-0.15, -0.1) is 0 Å². The molecule has 9 aromatic carbocycles. The van der Waals surface area contributed by atoms with Gasteiger partial charge in [0.05, 0.1) is 0 Å². The Hall–Kier alpha value is -8.34. The van der Waals surface area contributed by atoms with Gasteiger partial charge in [0.15, 0.2) is 0 Å². The monoisotopic (exact) mass is 922 g/mol. The van der Waals surface area contributed by atoms with Crippen molar-refractivity contribution in [2.24, 2.45) is 5.92 Å². The van der Waals surface area contributed by atoms with Gasteiger partial charge in [-0.1, -0.05) is 131 Å². The molecule has 4 heteroatoms. The number of hydrogen-bond acceptors (Lipinski definition) is 4. The zero-order valence-electron chi connectivity index (χ0n) is 42.0. The Kier molecular flexibility index (Phi) is 13.3. The predicted octanol–water partition coefficient (Wildman–Crippen LogP) is 19.3. The number of aryl methyl sites for hydroxylation is 5. The van der Waals surface area contributed by atoms with Crippen molar-refractivity contribution in [2.45, 2.75) is 54.9 Å². The molecule has 1 aliphatic carbocycles. The first-order chi connectivity index (χ1) is 34.5. The zero-order valence-corrected chi connectivity index (χ0v) is 42.0. The lowest BCUT2D eigenvalue weighted by Crippen LogP contribution is -2.23. The summed E-state index contributed by atoms with van der Waals surface area (Å²) in [5.74, 6) is 0.358. The second-order valence-electron chi connectivity index (χ2n) is 19.4. The highest BCUT2D eigenvalue weighted by atomic mass is 15.2. The van der Waals surface area contributed by atoms with E-state index in [2.05, 4.69) is 299 Å². The highest BCUT2D eigenvalue weighted by Crippen LogP contribution is 2.43. The van der Waals surface area contributed by atoms with Crippen LogP contribution in [0.2, 0.25) is 0 Å². The predicted molar refractivity (Wildman–Crippen MR) is 304 cm³/mol. The minimum absolute atomic E-state index is 0.358. The molecular weight excluding hydrogens is 861 g/mol. The van der Waals surface area contributed by atoms with Crippen molar-refractivity contribution in [1.29, 1.82) is 0 Å². The summed E-state index contributed by atoms with van der Waals surface area (Å²) in [5.41, 5.74) is 23.5. The third kappa shape index (κ3) is 10.2. The Morgan fingerprint density at radius 2 is 0.451 bits per heavy atom. The smallest absolute Gasteiger partial charge is 0.0463 e. The molecular formula is C67H62N4. The molecule has 0 saturated heterocycles. The van der Waals surface area contributed by atoms with Gasteiger partial charge in [0.25, 0.3) is 0 Å². The summed E-state index contributed by atoms with van der Waals surface area (Å²) in [6, 6.07) is 80.0. The fraction of sp³-hybridized carbons (Fsp3) is 0.134. The van der Waals surface area contributed by atoms with E-state index in [0.717, 1.165) is 69.0 Å². The van der Waals surface area contributed by atoms with Gasteiger partial charge in [0.2, 0.25) is 0 Å². The molecule has 1 unspecified atom stereocenters. The van der Waals surface area contributed by atoms with Crippen LogP contribution in [-0.2, 0) is 0 Å². The van der Waals surface area contributed by atoms with Crippen LogP contribution in [0.4, 0.5) is 62.6 Å². The summed E-state index contributed by atoms with van der Waals surface area (Å²) in [5, 5.41) is 0. The normalized spacial score (nSPS) is 13.3. The summed E-state index contributed by atoms with van der Waals surface area (Å²) >= 11 is 0. The first-order valence-electron chi connectivity index (χ1n) is 24.9. The van der Waals surface area contributed by atoms with Gasteiger partial charge in [-0.3, -0.25) is 0 Å². The van der Waals surface area contributed by atoms with Crippen molar-refractivity contribution in [3.8, 4) is 11.1 Å².